The molecule has 5 nitrogen and oxygen atoms in total. The number of fused-ring (bicyclic) bond motifs is 1. The van der Waals surface area contributed by atoms with Crippen LogP contribution in [0.25, 0.3) is 10.2 Å². The van der Waals surface area contributed by atoms with Crippen molar-refractivity contribution in [1.29, 1.82) is 0 Å². The van der Waals surface area contributed by atoms with E-state index in [9.17, 15) is 17.6 Å². The average Bonchev–Trinajstić information content (AvgIpc) is 3.03. The van der Waals surface area contributed by atoms with Crippen molar-refractivity contribution in [2.24, 2.45) is 4.99 Å². The van der Waals surface area contributed by atoms with Gasteiger partial charge in [-0.1, -0.05) is 38.2 Å². The summed E-state index contributed by atoms with van der Waals surface area (Å²) in [5, 5.41) is 0. The lowest BCUT2D eigenvalue weighted by molar-refractivity contribution is -0.117. The van der Waals surface area contributed by atoms with Crippen molar-refractivity contribution in [1.82, 2.24) is 4.57 Å². The number of benzene rings is 2. The number of carbonyl (C=O) groups excluding carboxylic acids is 1. The summed E-state index contributed by atoms with van der Waals surface area (Å²) in [5.74, 6) is -0.959. The van der Waals surface area contributed by atoms with Crippen LogP contribution in [0.5, 0.6) is 0 Å². The molecule has 0 aliphatic rings. The van der Waals surface area contributed by atoms with Gasteiger partial charge in [-0.3, -0.25) is 4.79 Å². The van der Waals surface area contributed by atoms with Crippen LogP contribution in [-0.4, -0.2) is 24.6 Å². The van der Waals surface area contributed by atoms with Gasteiger partial charge in [-0.2, -0.15) is 4.99 Å². The molecule has 1 aromatic heterocycles. The highest BCUT2D eigenvalue weighted by Gasteiger charge is 2.17. The largest absolute Gasteiger partial charge is 0.316 e. The van der Waals surface area contributed by atoms with Gasteiger partial charge in [-0.05, 0) is 54.3 Å². The van der Waals surface area contributed by atoms with E-state index < -0.39 is 21.6 Å². The number of halogens is 1. The second-order valence-electron chi connectivity index (χ2n) is 7.45. The van der Waals surface area contributed by atoms with Crippen molar-refractivity contribution in [3.05, 3.63) is 58.6 Å². The number of amides is 1. The molecular formula is C22H25FN2O3S2. The first-order valence-electron chi connectivity index (χ1n) is 9.90. The number of sulfone groups is 1. The molecule has 0 atom stereocenters. The van der Waals surface area contributed by atoms with E-state index in [1.54, 1.807) is 0 Å². The first kappa shape index (κ1) is 22.4. The molecule has 160 valence electrons. The normalized spacial score (nSPS) is 12.8. The van der Waals surface area contributed by atoms with E-state index in [-0.39, 0.29) is 17.1 Å². The minimum atomic E-state index is -3.68. The van der Waals surface area contributed by atoms with Crippen molar-refractivity contribution in [2.45, 2.75) is 51.0 Å². The molecule has 1 amide bonds. The molecular weight excluding hydrogens is 423 g/mol. The quantitative estimate of drug-likeness (QED) is 0.494. The van der Waals surface area contributed by atoms with Gasteiger partial charge in [0.2, 0.25) is 5.91 Å². The molecule has 0 unspecified atom stereocenters. The Bertz CT molecular complexity index is 1220. The molecule has 1 heterocycles. The van der Waals surface area contributed by atoms with E-state index >= 15 is 0 Å². The summed E-state index contributed by atoms with van der Waals surface area (Å²) in [6.07, 6.45) is 0.662. The van der Waals surface area contributed by atoms with Crippen molar-refractivity contribution in [3.8, 4) is 0 Å². The Morgan fingerprint density at radius 2 is 1.87 bits per heavy atom. The molecule has 3 rings (SSSR count). The van der Waals surface area contributed by atoms with E-state index in [0.717, 1.165) is 35.3 Å². The van der Waals surface area contributed by atoms with Gasteiger partial charge >= 0.3 is 0 Å². The molecule has 0 fully saturated rings. The minimum Gasteiger partial charge on any atom is -0.316 e. The van der Waals surface area contributed by atoms with Crippen LogP contribution in [0.2, 0.25) is 0 Å². The van der Waals surface area contributed by atoms with Gasteiger partial charge in [-0.25, -0.2) is 12.8 Å². The number of aromatic nitrogens is 1. The molecule has 30 heavy (non-hydrogen) atoms. The smallest absolute Gasteiger partial charge is 0.249 e. The van der Waals surface area contributed by atoms with E-state index in [0.29, 0.717) is 10.7 Å². The van der Waals surface area contributed by atoms with Crippen LogP contribution in [0.3, 0.4) is 0 Å². The highest BCUT2D eigenvalue weighted by Crippen LogP contribution is 2.24. The molecule has 3 aromatic rings. The van der Waals surface area contributed by atoms with Crippen molar-refractivity contribution >= 4 is 37.3 Å². The van der Waals surface area contributed by atoms with Crippen LogP contribution >= 0.6 is 11.3 Å². The van der Waals surface area contributed by atoms with E-state index in [1.165, 1.54) is 29.0 Å². The summed E-state index contributed by atoms with van der Waals surface area (Å²) < 4.78 is 40.9. The molecule has 0 spiro atoms. The summed E-state index contributed by atoms with van der Waals surface area (Å²) in [5.41, 5.74) is 2.24. The summed E-state index contributed by atoms with van der Waals surface area (Å²) >= 11 is 1.44. The van der Waals surface area contributed by atoms with Gasteiger partial charge in [0, 0.05) is 13.0 Å². The maximum atomic E-state index is 13.0. The molecule has 0 radical (unpaired) electrons. The monoisotopic (exact) mass is 448 g/mol. The Morgan fingerprint density at radius 3 is 2.50 bits per heavy atom. The Hall–Kier alpha value is -2.32. The van der Waals surface area contributed by atoms with E-state index in [1.807, 2.05) is 4.57 Å². The maximum Gasteiger partial charge on any atom is 0.249 e. The summed E-state index contributed by atoms with van der Waals surface area (Å²) in [4.78, 5) is 17.3. The molecule has 0 aliphatic heterocycles. The highest BCUT2D eigenvalue weighted by atomic mass is 32.2. The fraction of sp³-hybridized carbons (Fsp3) is 0.364. The zero-order valence-corrected chi connectivity index (χ0v) is 18.9. The average molecular weight is 449 g/mol. The van der Waals surface area contributed by atoms with Crippen LogP contribution in [0.4, 0.5) is 4.39 Å². The Labute approximate surface area is 179 Å². The fourth-order valence-corrected chi connectivity index (χ4v) is 5.47. The Morgan fingerprint density at radius 1 is 1.17 bits per heavy atom. The van der Waals surface area contributed by atoms with E-state index in [4.69, 9.17) is 0 Å². The number of hydrogen-bond donors (Lipinski definition) is 0. The first-order chi connectivity index (χ1) is 14.2. The highest BCUT2D eigenvalue weighted by molar-refractivity contribution is 7.91. The van der Waals surface area contributed by atoms with Gasteiger partial charge in [0.1, 0.15) is 5.82 Å². The van der Waals surface area contributed by atoms with E-state index in [2.05, 4.69) is 44.0 Å². The second kappa shape index (κ2) is 9.22. The lowest BCUT2D eigenvalue weighted by Gasteiger charge is -2.06. The maximum absolute atomic E-state index is 13.0. The predicted molar refractivity (Wildman–Crippen MR) is 118 cm³/mol. The molecule has 0 saturated carbocycles. The van der Waals surface area contributed by atoms with Gasteiger partial charge < -0.3 is 4.57 Å². The number of hydrogen-bond acceptors (Lipinski definition) is 4. The third-order valence-corrected chi connectivity index (χ3v) is 7.57. The lowest BCUT2D eigenvalue weighted by atomic mass is 10.0. The van der Waals surface area contributed by atoms with Crippen molar-refractivity contribution < 1.29 is 17.6 Å². The third kappa shape index (κ3) is 5.05. The first-order valence-corrected chi connectivity index (χ1v) is 12.4. The molecule has 8 heteroatoms. The van der Waals surface area contributed by atoms with Gasteiger partial charge in [0.15, 0.2) is 14.6 Å². The standard InChI is InChI=1S/C22H25FN2O3S2/c1-4-12-25-19-10-5-16(15(2)3)14-20(19)29-22(25)24-21(26)11-13-30(27,28)18-8-6-17(23)7-9-18/h5-10,14-15H,4,11-13H2,1-3H3. The van der Waals surface area contributed by atoms with Gasteiger partial charge in [0.05, 0.1) is 20.9 Å². The summed E-state index contributed by atoms with van der Waals surface area (Å²) in [7, 11) is -3.68. The second-order valence-corrected chi connectivity index (χ2v) is 10.6. The number of carbonyl (C=O) groups is 1. The molecule has 0 saturated heterocycles. The summed E-state index contributed by atoms with van der Waals surface area (Å²) in [6.45, 7) is 7.04. The van der Waals surface area contributed by atoms with Crippen molar-refractivity contribution in [2.75, 3.05) is 5.75 Å². The van der Waals surface area contributed by atoms with Gasteiger partial charge in [-0.15, -0.1) is 0 Å². The molecule has 0 bridgehead atoms. The Kier molecular flexibility index (Phi) is 6.88. The van der Waals surface area contributed by atoms with Crippen molar-refractivity contribution in [3.63, 3.8) is 0 Å². The zero-order chi connectivity index (χ0) is 21.9. The Balaban J connectivity index is 1.86. The predicted octanol–water partition coefficient (Wildman–Crippen LogP) is 4.67. The number of nitrogens with zero attached hydrogens (tertiary/aromatic N) is 2. The number of rotatable bonds is 7. The summed E-state index contributed by atoms with van der Waals surface area (Å²) in [6, 6.07) is 10.9. The molecule has 0 N–H and O–H groups in total. The fourth-order valence-electron chi connectivity index (χ4n) is 3.12. The van der Waals surface area contributed by atoms with Crippen LogP contribution in [0.15, 0.2) is 52.4 Å². The molecule has 2 aromatic carbocycles. The number of aryl methyl sites for hydroxylation is 1. The van der Waals surface area contributed by atoms with Crippen LogP contribution in [0.1, 0.15) is 45.1 Å². The van der Waals surface area contributed by atoms with Gasteiger partial charge in [0.25, 0.3) is 0 Å². The molecule has 0 aliphatic carbocycles. The SMILES string of the molecule is CCCn1c(=NC(=O)CCS(=O)(=O)c2ccc(F)cc2)sc2cc(C(C)C)ccc21. The number of thiazole rings is 1. The topological polar surface area (TPSA) is 68.5 Å². The minimum absolute atomic E-state index is 0.000763. The third-order valence-electron chi connectivity index (χ3n) is 4.80. The lowest BCUT2D eigenvalue weighted by Crippen LogP contribution is -2.18. The van der Waals surface area contributed by atoms with Crippen LogP contribution < -0.4 is 4.80 Å². The van der Waals surface area contributed by atoms with Crippen LogP contribution in [-0.2, 0) is 21.2 Å². The van der Waals surface area contributed by atoms with Crippen LogP contribution in [0, 0.1) is 5.82 Å². The zero-order valence-electron chi connectivity index (χ0n) is 17.3.